The zero-order valence-corrected chi connectivity index (χ0v) is 15.6. The number of benzene rings is 2. The first-order valence-corrected chi connectivity index (χ1v) is 8.63. The van der Waals surface area contributed by atoms with Gasteiger partial charge in [0.15, 0.2) is 6.10 Å². The lowest BCUT2D eigenvalue weighted by molar-refractivity contribution is -0.127. The number of hydrogen-bond donors (Lipinski definition) is 1. The largest absolute Gasteiger partial charge is 0.480 e. The molecule has 0 bridgehead atoms. The van der Waals surface area contributed by atoms with E-state index in [0.29, 0.717) is 5.75 Å². The van der Waals surface area contributed by atoms with Crippen molar-refractivity contribution in [3.05, 3.63) is 63.6 Å². The maximum atomic E-state index is 12.1. The summed E-state index contributed by atoms with van der Waals surface area (Å²) in [6.45, 7) is 5.79. The highest BCUT2D eigenvalue weighted by Crippen LogP contribution is 2.26. The Labute approximate surface area is 151 Å². The summed E-state index contributed by atoms with van der Waals surface area (Å²) in [4.78, 5) is 12.1. The van der Waals surface area contributed by atoms with E-state index in [2.05, 4.69) is 33.4 Å². The molecule has 2 aromatic carbocycles. The molecular formula is C19H21BrN2O2. The predicted octanol–water partition coefficient (Wildman–Crippen LogP) is 4.24. The smallest absolute Gasteiger partial charge is 0.280 e. The lowest BCUT2D eigenvalue weighted by atomic mass is 10.1. The standard InChI is InChI=1S/C19H21BrN2O2/c1-4-15-6-8-16(9-7-15)12-21-22-19(23)14(3)24-18-10-5-13(2)11-17(18)20/h5-12,14H,4H2,1-3H3,(H,22,23). The maximum absolute atomic E-state index is 12.1. The molecule has 0 aliphatic rings. The van der Waals surface area contributed by atoms with Gasteiger partial charge in [0.1, 0.15) is 5.75 Å². The molecule has 0 saturated heterocycles. The average Bonchev–Trinajstić information content (AvgIpc) is 2.57. The molecule has 1 amide bonds. The first-order chi connectivity index (χ1) is 11.5. The van der Waals surface area contributed by atoms with E-state index in [1.165, 1.54) is 5.56 Å². The van der Waals surface area contributed by atoms with E-state index in [4.69, 9.17) is 4.74 Å². The summed E-state index contributed by atoms with van der Waals surface area (Å²) in [5, 5.41) is 3.98. The van der Waals surface area contributed by atoms with Crippen LogP contribution in [0.1, 0.15) is 30.5 Å². The quantitative estimate of drug-likeness (QED) is 0.594. The van der Waals surface area contributed by atoms with Gasteiger partial charge in [-0.05, 0) is 65.0 Å². The third kappa shape index (κ3) is 5.20. The monoisotopic (exact) mass is 388 g/mol. The summed E-state index contributed by atoms with van der Waals surface area (Å²) in [7, 11) is 0. The Morgan fingerprint density at radius 2 is 2.00 bits per heavy atom. The molecule has 0 heterocycles. The number of nitrogens with one attached hydrogen (secondary N) is 1. The Kier molecular flexibility index (Phi) is 6.55. The van der Waals surface area contributed by atoms with Crippen LogP contribution in [0.3, 0.4) is 0 Å². The number of aryl methyl sites for hydroxylation is 2. The van der Waals surface area contributed by atoms with E-state index < -0.39 is 6.10 Å². The van der Waals surface area contributed by atoms with E-state index in [9.17, 15) is 4.79 Å². The first-order valence-electron chi connectivity index (χ1n) is 7.84. The fourth-order valence-corrected chi connectivity index (χ4v) is 2.63. The van der Waals surface area contributed by atoms with Gasteiger partial charge in [0.05, 0.1) is 10.7 Å². The Hall–Kier alpha value is -2.14. The lowest BCUT2D eigenvalue weighted by Gasteiger charge is -2.14. The molecular weight excluding hydrogens is 368 g/mol. The van der Waals surface area contributed by atoms with Crippen molar-refractivity contribution < 1.29 is 9.53 Å². The van der Waals surface area contributed by atoms with E-state index in [-0.39, 0.29) is 5.91 Å². The number of rotatable bonds is 6. The van der Waals surface area contributed by atoms with Crippen LogP contribution >= 0.6 is 15.9 Å². The molecule has 4 nitrogen and oxygen atoms in total. The topological polar surface area (TPSA) is 50.7 Å². The number of amides is 1. The molecule has 126 valence electrons. The second-order valence-corrected chi connectivity index (χ2v) is 6.38. The summed E-state index contributed by atoms with van der Waals surface area (Å²) >= 11 is 3.43. The fourth-order valence-electron chi connectivity index (χ4n) is 2.05. The minimum atomic E-state index is -0.649. The second-order valence-electron chi connectivity index (χ2n) is 5.52. The van der Waals surface area contributed by atoms with Gasteiger partial charge in [0.25, 0.3) is 5.91 Å². The van der Waals surface area contributed by atoms with Crippen molar-refractivity contribution in [3.8, 4) is 5.75 Å². The number of ether oxygens (including phenoxy) is 1. The average molecular weight is 389 g/mol. The summed E-state index contributed by atoms with van der Waals surface area (Å²) in [6, 6.07) is 13.7. The summed E-state index contributed by atoms with van der Waals surface area (Å²) in [6.07, 6.45) is 1.97. The van der Waals surface area contributed by atoms with Gasteiger partial charge in [-0.3, -0.25) is 4.79 Å². The number of carbonyl (C=O) groups excluding carboxylic acids is 1. The molecule has 24 heavy (non-hydrogen) atoms. The van der Waals surface area contributed by atoms with E-state index in [1.54, 1.807) is 13.1 Å². The molecule has 2 rings (SSSR count). The highest BCUT2D eigenvalue weighted by atomic mass is 79.9. The molecule has 0 aliphatic heterocycles. The summed E-state index contributed by atoms with van der Waals surface area (Å²) in [5.74, 6) is 0.325. The summed E-state index contributed by atoms with van der Waals surface area (Å²) < 4.78 is 6.48. The van der Waals surface area contributed by atoms with Crippen molar-refractivity contribution in [1.29, 1.82) is 0 Å². The van der Waals surface area contributed by atoms with Crippen molar-refractivity contribution >= 4 is 28.1 Å². The van der Waals surface area contributed by atoms with Crippen LogP contribution in [-0.4, -0.2) is 18.2 Å². The van der Waals surface area contributed by atoms with Crippen molar-refractivity contribution in [3.63, 3.8) is 0 Å². The third-order valence-electron chi connectivity index (χ3n) is 3.54. The molecule has 0 saturated carbocycles. The number of carbonyl (C=O) groups is 1. The molecule has 0 radical (unpaired) electrons. The van der Waals surface area contributed by atoms with Gasteiger partial charge < -0.3 is 4.74 Å². The van der Waals surface area contributed by atoms with Crippen LogP contribution in [0, 0.1) is 6.92 Å². The second kappa shape index (κ2) is 8.64. The zero-order chi connectivity index (χ0) is 17.5. The van der Waals surface area contributed by atoms with Crippen molar-refractivity contribution in [2.75, 3.05) is 0 Å². The Morgan fingerprint density at radius 1 is 1.29 bits per heavy atom. The van der Waals surface area contributed by atoms with Gasteiger partial charge in [-0.1, -0.05) is 37.3 Å². The fraction of sp³-hybridized carbons (Fsp3) is 0.263. The predicted molar refractivity (Wildman–Crippen MR) is 101 cm³/mol. The zero-order valence-electron chi connectivity index (χ0n) is 14.0. The highest BCUT2D eigenvalue weighted by Gasteiger charge is 2.15. The summed E-state index contributed by atoms with van der Waals surface area (Å²) in [5.41, 5.74) is 5.81. The van der Waals surface area contributed by atoms with Crippen LogP contribution in [-0.2, 0) is 11.2 Å². The number of halogens is 1. The maximum Gasteiger partial charge on any atom is 0.280 e. The van der Waals surface area contributed by atoms with E-state index in [1.807, 2.05) is 49.4 Å². The molecule has 2 aromatic rings. The number of nitrogens with zero attached hydrogens (tertiary/aromatic N) is 1. The molecule has 0 aliphatic carbocycles. The third-order valence-corrected chi connectivity index (χ3v) is 4.16. The van der Waals surface area contributed by atoms with Crippen LogP contribution in [0.5, 0.6) is 5.75 Å². The van der Waals surface area contributed by atoms with Crippen LogP contribution in [0.4, 0.5) is 0 Å². The first kappa shape index (κ1) is 18.2. The van der Waals surface area contributed by atoms with Gasteiger partial charge in [-0.15, -0.1) is 0 Å². The van der Waals surface area contributed by atoms with Crippen LogP contribution in [0.15, 0.2) is 52.0 Å². The Balaban J connectivity index is 1.89. The van der Waals surface area contributed by atoms with Crippen LogP contribution in [0.25, 0.3) is 0 Å². The number of hydrogen-bond acceptors (Lipinski definition) is 3. The molecule has 1 atom stereocenters. The molecule has 0 spiro atoms. The minimum absolute atomic E-state index is 0.302. The van der Waals surface area contributed by atoms with Crippen LogP contribution < -0.4 is 10.2 Å². The van der Waals surface area contributed by atoms with Crippen molar-refractivity contribution in [2.45, 2.75) is 33.3 Å². The molecule has 5 heteroatoms. The van der Waals surface area contributed by atoms with Gasteiger partial charge in [-0.25, -0.2) is 5.43 Å². The normalized spacial score (nSPS) is 12.2. The highest BCUT2D eigenvalue weighted by molar-refractivity contribution is 9.10. The van der Waals surface area contributed by atoms with E-state index in [0.717, 1.165) is 22.0 Å². The minimum Gasteiger partial charge on any atom is -0.480 e. The number of hydrazone groups is 1. The molecule has 0 fully saturated rings. The van der Waals surface area contributed by atoms with Gasteiger partial charge in [0.2, 0.25) is 0 Å². The Bertz CT molecular complexity index is 727. The van der Waals surface area contributed by atoms with E-state index >= 15 is 0 Å². The van der Waals surface area contributed by atoms with Crippen molar-refractivity contribution in [2.24, 2.45) is 5.10 Å². The van der Waals surface area contributed by atoms with Gasteiger partial charge >= 0.3 is 0 Å². The van der Waals surface area contributed by atoms with Gasteiger partial charge in [-0.2, -0.15) is 5.10 Å². The molecule has 1 N–H and O–H groups in total. The molecule has 0 aromatic heterocycles. The lowest BCUT2D eigenvalue weighted by Crippen LogP contribution is -2.33. The molecule has 1 unspecified atom stereocenters. The Morgan fingerprint density at radius 3 is 2.62 bits per heavy atom. The van der Waals surface area contributed by atoms with Gasteiger partial charge in [0, 0.05) is 0 Å². The SMILES string of the molecule is CCc1ccc(C=NNC(=O)C(C)Oc2ccc(C)cc2Br)cc1. The van der Waals surface area contributed by atoms with Crippen LogP contribution in [0.2, 0.25) is 0 Å². The van der Waals surface area contributed by atoms with Crippen molar-refractivity contribution in [1.82, 2.24) is 5.43 Å².